The minimum absolute atomic E-state index is 0.269. The number of benzene rings is 1. The minimum Gasteiger partial charge on any atom is -0.385 e. The van der Waals surface area contributed by atoms with Gasteiger partial charge in [0.05, 0.1) is 0 Å². The highest BCUT2D eigenvalue weighted by Crippen LogP contribution is 2.17. The van der Waals surface area contributed by atoms with Crippen LogP contribution in [0.3, 0.4) is 0 Å². The summed E-state index contributed by atoms with van der Waals surface area (Å²) < 4.78 is 5.08. The van der Waals surface area contributed by atoms with Crippen LogP contribution in [0.2, 0.25) is 0 Å². The molecule has 21 heavy (non-hydrogen) atoms. The van der Waals surface area contributed by atoms with Crippen LogP contribution in [-0.2, 0) is 4.74 Å². The summed E-state index contributed by atoms with van der Waals surface area (Å²) in [7, 11) is 1.75. The van der Waals surface area contributed by atoms with Crippen molar-refractivity contribution in [1.82, 2.24) is 4.90 Å². The Hall–Kier alpha value is -1.10. The van der Waals surface area contributed by atoms with Crippen LogP contribution < -0.4 is 10.6 Å². The maximum atomic E-state index is 6.20. The Labute approximate surface area is 128 Å². The average Bonchev–Trinajstić information content (AvgIpc) is 2.48. The van der Waals surface area contributed by atoms with Crippen molar-refractivity contribution in [3.8, 4) is 0 Å². The van der Waals surface area contributed by atoms with Crippen molar-refractivity contribution in [1.29, 1.82) is 0 Å². The Morgan fingerprint density at radius 2 is 2.00 bits per heavy atom. The second kappa shape index (κ2) is 8.37. The fourth-order valence-corrected chi connectivity index (χ4v) is 2.93. The highest BCUT2D eigenvalue weighted by Gasteiger charge is 2.18. The third kappa shape index (κ3) is 5.30. The summed E-state index contributed by atoms with van der Waals surface area (Å²) >= 11 is 0. The van der Waals surface area contributed by atoms with Gasteiger partial charge in [0.2, 0.25) is 0 Å². The largest absolute Gasteiger partial charge is 0.385 e. The molecule has 4 nitrogen and oxygen atoms in total. The molecule has 0 radical (unpaired) electrons. The number of methoxy groups -OCH3 is 1. The lowest BCUT2D eigenvalue weighted by atomic mass is 10.1. The van der Waals surface area contributed by atoms with Crippen LogP contribution >= 0.6 is 0 Å². The van der Waals surface area contributed by atoms with Crippen LogP contribution in [0.4, 0.5) is 5.69 Å². The zero-order chi connectivity index (χ0) is 15.1. The number of anilines is 1. The lowest BCUT2D eigenvalue weighted by Crippen LogP contribution is -2.50. The van der Waals surface area contributed by atoms with Gasteiger partial charge in [0.25, 0.3) is 0 Å². The van der Waals surface area contributed by atoms with Crippen LogP contribution in [-0.4, -0.2) is 57.4 Å². The number of ether oxygens (including phenoxy) is 1. The van der Waals surface area contributed by atoms with E-state index in [1.54, 1.807) is 7.11 Å². The summed E-state index contributed by atoms with van der Waals surface area (Å²) in [5.41, 5.74) is 8.88. The summed E-state index contributed by atoms with van der Waals surface area (Å²) in [5.74, 6) is 0. The van der Waals surface area contributed by atoms with E-state index in [1.807, 2.05) is 0 Å². The smallest absolute Gasteiger partial charge is 0.0462 e. The SMILES string of the molecule is COCCCC(N)CN1CCN(c2cccc(C)c2)CC1. The van der Waals surface area contributed by atoms with E-state index < -0.39 is 0 Å². The van der Waals surface area contributed by atoms with Gasteiger partial charge in [0.15, 0.2) is 0 Å². The molecule has 1 aromatic rings. The predicted molar refractivity (Wildman–Crippen MR) is 88.9 cm³/mol. The first-order chi connectivity index (χ1) is 10.2. The molecule has 1 saturated heterocycles. The molecule has 1 aromatic carbocycles. The molecule has 0 bridgehead atoms. The molecular formula is C17H29N3O. The Balaban J connectivity index is 1.73. The molecule has 0 aromatic heterocycles. The van der Waals surface area contributed by atoms with Crippen molar-refractivity contribution >= 4 is 5.69 Å². The summed E-state index contributed by atoms with van der Waals surface area (Å²) in [6, 6.07) is 9.04. The Morgan fingerprint density at radius 3 is 2.67 bits per heavy atom. The number of nitrogens with two attached hydrogens (primary N) is 1. The standard InChI is InChI=1S/C17H29N3O/c1-15-5-3-7-17(13-15)20-10-8-19(9-11-20)14-16(18)6-4-12-21-2/h3,5,7,13,16H,4,6,8-12,14,18H2,1-2H3. The van der Waals surface area contributed by atoms with Crippen molar-refractivity contribution < 1.29 is 4.74 Å². The van der Waals surface area contributed by atoms with Gasteiger partial charge in [-0.25, -0.2) is 0 Å². The second-order valence-electron chi connectivity index (χ2n) is 6.02. The summed E-state index contributed by atoms with van der Waals surface area (Å²) in [4.78, 5) is 4.96. The number of rotatable bonds is 7. The van der Waals surface area contributed by atoms with Gasteiger partial charge >= 0.3 is 0 Å². The van der Waals surface area contributed by atoms with Gasteiger partial charge in [-0.1, -0.05) is 12.1 Å². The molecule has 0 aliphatic carbocycles. The molecule has 4 heteroatoms. The number of aryl methyl sites for hydroxylation is 1. The van der Waals surface area contributed by atoms with E-state index >= 15 is 0 Å². The van der Waals surface area contributed by atoms with E-state index in [2.05, 4.69) is 41.0 Å². The van der Waals surface area contributed by atoms with Gasteiger partial charge in [-0.3, -0.25) is 4.90 Å². The van der Waals surface area contributed by atoms with Crippen LogP contribution in [0.15, 0.2) is 24.3 Å². The average molecular weight is 291 g/mol. The van der Waals surface area contributed by atoms with Crippen LogP contribution in [0.25, 0.3) is 0 Å². The zero-order valence-electron chi connectivity index (χ0n) is 13.4. The maximum absolute atomic E-state index is 6.20. The van der Waals surface area contributed by atoms with E-state index in [1.165, 1.54) is 11.3 Å². The lowest BCUT2D eigenvalue weighted by Gasteiger charge is -2.37. The van der Waals surface area contributed by atoms with Crippen molar-refractivity contribution in [3.05, 3.63) is 29.8 Å². The van der Waals surface area contributed by atoms with Gasteiger partial charge in [-0.15, -0.1) is 0 Å². The molecule has 1 heterocycles. The van der Waals surface area contributed by atoms with Crippen molar-refractivity contribution in [2.45, 2.75) is 25.8 Å². The van der Waals surface area contributed by atoms with Crippen LogP contribution in [0.5, 0.6) is 0 Å². The zero-order valence-corrected chi connectivity index (χ0v) is 13.4. The normalized spacial score (nSPS) is 18.0. The van der Waals surface area contributed by atoms with E-state index in [0.29, 0.717) is 0 Å². The molecular weight excluding hydrogens is 262 g/mol. The molecule has 2 N–H and O–H groups in total. The quantitative estimate of drug-likeness (QED) is 0.779. The van der Waals surface area contributed by atoms with E-state index in [0.717, 1.165) is 52.2 Å². The summed E-state index contributed by atoms with van der Waals surface area (Å²) in [5, 5.41) is 0. The second-order valence-corrected chi connectivity index (χ2v) is 6.02. The first kappa shape index (κ1) is 16.3. The molecule has 0 spiro atoms. The van der Waals surface area contributed by atoms with Gasteiger partial charge in [-0.2, -0.15) is 0 Å². The minimum atomic E-state index is 0.269. The third-order valence-corrected chi connectivity index (χ3v) is 4.16. The maximum Gasteiger partial charge on any atom is 0.0462 e. The van der Waals surface area contributed by atoms with E-state index in [9.17, 15) is 0 Å². The Bertz CT molecular complexity index is 416. The van der Waals surface area contributed by atoms with Gasteiger partial charge in [-0.05, 0) is 37.5 Å². The molecule has 0 amide bonds. The van der Waals surface area contributed by atoms with E-state index in [4.69, 9.17) is 10.5 Å². The number of nitrogens with zero attached hydrogens (tertiary/aromatic N) is 2. The molecule has 2 rings (SSSR count). The fraction of sp³-hybridized carbons (Fsp3) is 0.647. The third-order valence-electron chi connectivity index (χ3n) is 4.16. The van der Waals surface area contributed by atoms with Crippen molar-refractivity contribution in [2.24, 2.45) is 5.73 Å². The van der Waals surface area contributed by atoms with Crippen LogP contribution in [0.1, 0.15) is 18.4 Å². The number of hydrogen-bond acceptors (Lipinski definition) is 4. The van der Waals surface area contributed by atoms with Crippen molar-refractivity contribution in [3.63, 3.8) is 0 Å². The number of hydrogen-bond donors (Lipinski definition) is 1. The predicted octanol–water partition coefficient (Wildman–Crippen LogP) is 1.87. The molecule has 0 saturated carbocycles. The molecule has 118 valence electrons. The Kier molecular flexibility index (Phi) is 6.49. The monoisotopic (exact) mass is 291 g/mol. The molecule has 1 aliphatic heterocycles. The topological polar surface area (TPSA) is 41.7 Å². The molecule has 1 fully saturated rings. The molecule has 1 atom stereocenters. The van der Waals surface area contributed by atoms with Gasteiger partial charge < -0.3 is 15.4 Å². The van der Waals surface area contributed by atoms with E-state index in [-0.39, 0.29) is 6.04 Å². The molecule has 1 aliphatic rings. The lowest BCUT2D eigenvalue weighted by molar-refractivity contribution is 0.183. The van der Waals surface area contributed by atoms with Crippen LogP contribution in [0, 0.1) is 6.92 Å². The summed E-state index contributed by atoms with van der Waals surface area (Å²) in [6.45, 7) is 8.36. The highest BCUT2D eigenvalue weighted by molar-refractivity contribution is 5.48. The first-order valence-corrected chi connectivity index (χ1v) is 7.97. The molecule has 1 unspecified atom stereocenters. The fourth-order valence-electron chi connectivity index (χ4n) is 2.93. The van der Waals surface area contributed by atoms with Gasteiger partial charge in [0, 0.05) is 58.2 Å². The Morgan fingerprint density at radius 1 is 1.24 bits per heavy atom. The summed E-state index contributed by atoms with van der Waals surface area (Å²) in [6.07, 6.45) is 2.10. The highest BCUT2D eigenvalue weighted by atomic mass is 16.5. The first-order valence-electron chi connectivity index (χ1n) is 7.97. The van der Waals surface area contributed by atoms with Crippen molar-refractivity contribution in [2.75, 3.05) is 51.3 Å². The van der Waals surface area contributed by atoms with Gasteiger partial charge in [0.1, 0.15) is 0 Å². The number of piperazine rings is 1.